The molecule has 0 amide bonds. The molecule has 0 radical (unpaired) electrons. The van der Waals surface area contributed by atoms with Gasteiger partial charge in [0, 0.05) is 12.5 Å². The van der Waals surface area contributed by atoms with Gasteiger partial charge in [0.15, 0.2) is 0 Å². The van der Waals surface area contributed by atoms with Crippen LogP contribution in [0.25, 0.3) is 0 Å². The van der Waals surface area contributed by atoms with Crippen LogP contribution in [-0.2, 0) is 0 Å². The van der Waals surface area contributed by atoms with Crippen molar-refractivity contribution < 1.29 is 4.74 Å². The highest BCUT2D eigenvalue weighted by molar-refractivity contribution is 5.36. The molecule has 0 bridgehead atoms. The molecule has 0 fully saturated rings. The van der Waals surface area contributed by atoms with Gasteiger partial charge in [0.25, 0.3) is 0 Å². The van der Waals surface area contributed by atoms with E-state index in [-0.39, 0.29) is 11.8 Å². The fourth-order valence-corrected chi connectivity index (χ4v) is 3.03. The van der Waals surface area contributed by atoms with Crippen LogP contribution in [-0.4, -0.2) is 31.1 Å². The molecule has 2 rings (SSSR count). The van der Waals surface area contributed by atoms with E-state index < -0.39 is 0 Å². The highest BCUT2D eigenvalue weighted by Crippen LogP contribution is 2.32. The summed E-state index contributed by atoms with van der Waals surface area (Å²) in [5.41, 5.74) is 2.23. The van der Waals surface area contributed by atoms with Crippen LogP contribution in [0.1, 0.15) is 43.7 Å². The molecule has 2 aromatic rings. The van der Waals surface area contributed by atoms with Crippen LogP contribution in [0, 0.1) is 11.3 Å². The van der Waals surface area contributed by atoms with Crippen LogP contribution >= 0.6 is 0 Å². The summed E-state index contributed by atoms with van der Waals surface area (Å²) in [4.78, 5) is 2.33. The quantitative estimate of drug-likeness (QED) is 0.659. The molecule has 2 aromatic carbocycles. The summed E-state index contributed by atoms with van der Waals surface area (Å²) in [5.74, 6) is 0.854. The standard InChI is InChI=1S/C22H28N2O/c1-4-24(5-2)15-16-25-21-13-11-20(12-14-21)22(17-23)18(3)19-9-7-6-8-10-19/h6-14,18,22H,4-5,15-16H2,1-3H3. The molecule has 3 heteroatoms. The minimum atomic E-state index is -0.160. The van der Waals surface area contributed by atoms with Gasteiger partial charge in [-0.3, -0.25) is 0 Å². The number of likely N-dealkylation sites (N-methyl/N-ethyl adjacent to an activating group) is 1. The molecule has 2 atom stereocenters. The maximum absolute atomic E-state index is 9.65. The third-order valence-corrected chi connectivity index (χ3v) is 4.77. The zero-order chi connectivity index (χ0) is 18.1. The normalized spacial score (nSPS) is 13.2. The van der Waals surface area contributed by atoms with Crippen LogP contribution in [0.2, 0.25) is 0 Å². The van der Waals surface area contributed by atoms with Gasteiger partial charge in [0.1, 0.15) is 12.4 Å². The third-order valence-electron chi connectivity index (χ3n) is 4.77. The molecular weight excluding hydrogens is 308 g/mol. The van der Waals surface area contributed by atoms with Gasteiger partial charge in [-0.2, -0.15) is 5.26 Å². The maximum atomic E-state index is 9.65. The van der Waals surface area contributed by atoms with Crippen molar-refractivity contribution in [2.45, 2.75) is 32.6 Å². The summed E-state index contributed by atoms with van der Waals surface area (Å²) < 4.78 is 5.83. The molecule has 0 spiro atoms. The molecule has 0 aliphatic heterocycles. The van der Waals surface area contributed by atoms with Gasteiger partial charge in [-0.25, -0.2) is 0 Å². The number of nitriles is 1. The molecule has 0 saturated carbocycles. The Labute approximate surface area is 151 Å². The van der Waals surface area contributed by atoms with E-state index in [2.05, 4.69) is 43.9 Å². The fourth-order valence-electron chi connectivity index (χ4n) is 3.03. The van der Waals surface area contributed by atoms with Crippen molar-refractivity contribution in [2.75, 3.05) is 26.2 Å². The topological polar surface area (TPSA) is 36.3 Å². The smallest absolute Gasteiger partial charge is 0.119 e. The van der Waals surface area contributed by atoms with Crippen LogP contribution in [0.4, 0.5) is 0 Å². The van der Waals surface area contributed by atoms with E-state index in [1.165, 1.54) is 5.56 Å². The van der Waals surface area contributed by atoms with E-state index in [1.54, 1.807) is 0 Å². The third kappa shape index (κ3) is 5.34. The van der Waals surface area contributed by atoms with Crippen molar-refractivity contribution in [1.29, 1.82) is 5.26 Å². The van der Waals surface area contributed by atoms with E-state index >= 15 is 0 Å². The zero-order valence-corrected chi connectivity index (χ0v) is 15.5. The van der Waals surface area contributed by atoms with E-state index in [0.717, 1.165) is 30.9 Å². The minimum Gasteiger partial charge on any atom is -0.492 e. The molecule has 2 unspecified atom stereocenters. The number of benzene rings is 2. The van der Waals surface area contributed by atoms with Gasteiger partial charge in [0.2, 0.25) is 0 Å². The van der Waals surface area contributed by atoms with Gasteiger partial charge >= 0.3 is 0 Å². The van der Waals surface area contributed by atoms with Crippen molar-refractivity contribution >= 4 is 0 Å². The fraction of sp³-hybridized carbons (Fsp3) is 0.409. The predicted molar refractivity (Wildman–Crippen MR) is 103 cm³/mol. The van der Waals surface area contributed by atoms with Crippen LogP contribution < -0.4 is 4.74 Å². The first-order chi connectivity index (χ1) is 12.2. The van der Waals surface area contributed by atoms with Crippen LogP contribution in [0.15, 0.2) is 54.6 Å². The van der Waals surface area contributed by atoms with Crippen molar-refractivity contribution in [3.05, 3.63) is 65.7 Å². The summed E-state index contributed by atoms with van der Waals surface area (Å²) >= 11 is 0. The molecule has 0 aromatic heterocycles. The average Bonchev–Trinajstić information content (AvgIpc) is 2.67. The molecule has 0 aliphatic carbocycles. The molecular formula is C22H28N2O. The maximum Gasteiger partial charge on any atom is 0.119 e. The van der Waals surface area contributed by atoms with Crippen LogP contribution in [0.5, 0.6) is 5.75 Å². The van der Waals surface area contributed by atoms with E-state index in [1.807, 2.05) is 42.5 Å². The first-order valence-electron chi connectivity index (χ1n) is 9.09. The summed E-state index contributed by atoms with van der Waals surface area (Å²) in [5, 5.41) is 9.65. The van der Waals surface area contributed by atoms with E-state index in [4.69, 9.17) is 4.74 Å². The number of nitrogens with zero attached hydrogens (tertiary/aromatic N) is 2. The Kier molecular flexibility index (Phi) is 7.50. The minimum absolute atomic E-state index is 0.153. The largest absolute Gasteiger partial charge is 0.492 e. The van der Waals surface area contributed by atoms with Crippen molar-refractivity contribution in [1.82, 2.24) is 4.90 Å². The summed E-state index contributed by atoms with van der Waals surface area (Å²) in [6, 6.07) is 20.6. The van der Waals surface area contributed by atoms with Crippen molar-refractivity contribution in [2.24, 2.45) is 0 Å². The van der Waals surface area contributed by atoms with Gasteiger partial charge in [0.05, 0.1) is 12.0 Å². The first-order valence-corrected chi connectivity index (χ1v) is 9.09. The number of hydrogen-bond acceptors (Lipinski definition) is 3. The Balaban J connectivity index is 1.99. The SMILES string of the molecule is CCN(CC)CCOc1ccc(C(C#N)C(C)c2ccccc2)cc1. The van der Waals surface area contributed by atoms with Crippen molar-refractivity contribution in [3.8, 4) is 11.8 Å². The Hall–Kier alpha value is -2.31. The molecule has 3 nitrogen and oxygen atoms in total. The van der Waals surface area contributed by atoms with E-state index in [0.29, 0.717) is 6.61 Å². The molecule has 132 valence electrons. The van der Waals surface area contributed by atoms with Gasteiger partial charge in [-0.05, 0) is 36.3 Å². The highest BCUT2D eigenvalue weighted by atomic mass is 16.5. The second kappa shape index (κ2) is 9.86. The van der Waals surface area contributed by atoms with Crippen LogP contribution in [0.3, 0.4) is 0 Å². The second-order valence-electron chi connectivity index (χ2n) is 6.25. The van der Waals surface area contributed by atoms with E-state index in [9.17, 15) is 5.26 Å². The predicted octanol–water partition coefficient (Wildman–Crippen LogP) is 4.82. The Morgan fingerprint density at radius 2 is 1.60 bits per heavy atom. The molecule has 0 saturated heterocycles. The summed E-state index contributed by atoms with van der Waals surface area (Å²) in [6.45, 7) is 10.1. The number of ether oxygens (including phenoxy) is 1. The zero-order valence-electron chi connectivity index (χ0n) is 15.5. The first kappa shape index (κ1) is 19.0. The van der Waals surface area contributed by atoms with Gasteiger partial charge in [-0.15, -0.1) is 0 Å². The van der Waals surface area contributed by atoms with Crippen molar-refractivity contribution in [3.63, 3.8) is 0 Å². The number of rotatable bonds is 9. The lowest BCUT2D eigenvalue weighted by Gasteiger charge is -2.20. The molecule has 0 aliphatic rings. The Morgan fingerprint density at radius 3 is 2.16 bits per heavy atom. The lowest BCUT2D eigenvalue weighted by molar-refractivity contribution is 0.223. The Bertz CT molecular complexity index is 657. The van der Waals surface area contributed by atoms with Gasteiger partial charge < -0.3 is 9.64 Å². The average molecular weight is 336 g/mol. The Morgan fingerprint density at radius 1 is 0.960 bits per heavy atom. The summed E-state index contributed by atoms with van der Waals surface area (Å²) in [7, 11) is 0. The molecule has 0 heterocycles. The number of hydrogen-bond donors (Lipinski definition) is 0. The molecule has 0 N–H and O–H groups in total. The van der Waals surface area contributed by atoms with Gasteiger partial charge in [-0.1, -0.05) is 63.2 Å². The second-order valence-corrected chi connectivity index (χ2v) is 6.25. The highest BCUT2D eigenvalue weighted by Gasteiger charge is 2.20. The lowest BCUT2D eigenvalue weighted by atomic mass is 9.84. The monoisotopic (exact) mass is 336 g/mol. The summed E-state index contributed by atoms with van der Waals surface area (Å²) in [6.07, 6.45) is 0. The lowest BCUT2D eigenvalue weighted by Crippen LogP contribution is -2.27. The molecule has 25 heavy (non-hydrogen) atoms.